The number of hydrogen-bond donors (Lipinski definition) is 2. The second-order valence-corrected chi connectivity index (χ2v) is 6.79. The van der Waals surface area contributed by atoms with Crippen molar-refractivity contribution in [3.63, 3.8) is 0 Å². The maximum absolute atomic E-state index is 11.9. The first kappa shape index (κ1) is 19.5. The van der Waals surface area contributed by atoms with Crippen LogP contribution >= 0.6 is 0 Å². The van der Waals surface area contributed by atoms with E-state index in [9.17, 15) is 9.59 Å². The Balaban J connectivity index is 1.55. The molecule has 2 amide bonds. The van der Waals surface area contributed by atoms with Gasteiger partial charge in [-0.1, -0.05) is 13.8 Å². The molecule has 2 N–H and O–H groups in total. The summed E-state index contributed by atoms with van der Waals surface area (Å²) in [6.07, 6.45) is 2.47. The standard InChI is InChI=1S/C18H29N3O4/c1-14(2)12-21-8-10-24-15(13-21)11-20-17(22)6-3-7-19-18(23)16-5-4-9-25-16/h4-5,9,14-15H,3,6-8,10-13H2,1-2H3,(H,19,23)(H,20,22). The maximum atomic E-state index is 11.9. The lowest BCUT2D eigenvalue weighted by Crippen LogP contribution is -2.48. The van der Waals surface area contributed by atoms with E-state index in [1.54, 1.807) is 12.1 Å². The molecule has 0 radical (unpaired) electrons. The van der Waals surface area contributed by atoms with Gasteiger partial charge < -0.3 is 19.8 Å². The van der Waals surface area contributed by atoms with Crippen LogP contribution in [0.2, 0.25) is 0 Å². The molecule has 1 saturated heterocycles. The number of nitrogens with zero attached hydrogens (tertiary/aromatic N) is 1. The lowest BCUT2D eigenvalue weighted by molar-refractivity contribution is -0.122. The number of carbonyl (C=O) groups excluding carboxylic acids is 2. The van der Waals surface area contributed by atoms with E-state index in [2.05, 4.69) is 29.4 Å². The number of morpholine rings is 1. The average molecular weight is 351 g/mol. The molecule has 1 unspecified atom stereocenters. The summed E-state index contributed by atoms with van der Waals surface area (Å²) in [6.45, 7) is 8.97. The number of amides is 2. The monoisotopic (exact) mass is 351 g/mol. The average Bonchev–Trinajstić information content (AvgIpc) is 3.11. The van der Waals surface area contributed by atoms with Gasteiger partial charge >= 0.3 is 0 Å². The van der Waals surface area contributed by atoms with Gasteiger partial charge in [0.05, 0.1) is 19.0 Å². The van der Waals surface area contributed by atoms with Crippen LogP contribution in [0, 0.1) is 5.92 Å². The Hall–Kier alpha value is -1.86. The van der Waals surface area contributed by atoms with Crippen molar-refractivity contribution in [2.24, 2.45) is 5.92 Å². The number of ether oxygens (including phenoxy) is 1. The number of hydrogen-bond acceptors (Lipinski definition) is 5. The fourth-order valence-corrected chi connectivity index (χ4v) is 2.85. The predicted molar refractivity (Wildman–Crippen MR) is 94.3 cm³/mol. The maximum Gasteiger partial charge on any atom is 0.286 e. The van der Waals surface area contributed by atoms with Crippen LogP contribution in [-0.2, 0) is 9.53 Å². The van der Waals surface area contributed by atoms with E-state index >= 15 is 0 Å². The van der Waals surface area contributed by atoms with E-state index in [-0.39, 0.29) is 23.7 Å². The highest BCUT2D eigenvalue weighted by Gasteiger charge is 2.21. The van der Waals surface area contributed by atoms with E-state index in [4.69, 9.17) is 9.15 Å². The summed E-state index contributed by atoms with van der Waals surface area (Å²) in [5.74, 6) is 0.637. The quantitative estimate of drug-likeness (QED) is 0.655. The largest absolute Gasteiger partial charge is 0.459 e. The summed E-state index contributed by atoms with van der Waals surface area (Å²) >= 11 is 0. The highest BCUT2D eigenvalue weighted by atomic mass is 16.5. The van der Waals surface area contributed by atoms with Gasteiger partial charge in [0.25, 0.3) is 5.91 Å². The number of rotatable bonds is 9. The summed E-state index contributed by atoms with van der Waals surface area (Å²) in [5, 5.41) is 5.65. The summed E-state index contributed by atoms with van der Waals surface area (Å²) in [6, 6.07) is 3.27. The Morgan fingerprint density at radius 3 is 2.92 bits per heavy atom. The van der Waals surface area contributed by atoms with Gasteiger partial charge in [-0.3, -0.25) is 14.5 Å². The molecule has 2 heterocycles. The van der Waals surface area contributed by atoms with Crippen molar-refractivity contribution in [2.45, 2.75) is 32.8 Å². The third kappa shape index (κ3) is 7.27. The van der Waals surface area contributed by atoms with Crippen molar-refractivity contribution < 1.29 is 18.7 Å². The topological polar surface area (TPSA) is 83.8 Å². The highest BCUT2D eigenvalue weighted by molar-refractivity contribution is 5.91. The van der Waals surface area contributed by atoms with Gasteiger partial charge in [0.15, 0.2) is 5.76 Å². The molecule has 0 spiro atoms. The van der Waals surface area contributed by atoms with E-state index in [0.29, 0.717) is 38.5 Å². The molecule has 0 aliphatic carbocycles. The molecule has 7 nitrogen and oxygen atoms in total. The van der Waals surface area contributed by atoms with Crippen LogP contribution in [-0.4, -0.2) is 62.1 Å². The molecular formula is C18H29N3O4. The molecule has 1 atom stereocenters. The van der Waals surface area contributed by atoms with Gasteiger partial charge in [0.1, 0.15) is 0 Å². The van der Waals surface area contributed by atoms with E-state index < -0.39 is 0 Å². The van der Waals surface area contributed by atoms with Crippen LogP contribution in [0.1, 0.15) is 37.2 Å². The zero-order valence-corrected chi connectivity index (χ0v) is 15.1. The van der Waals surface area contributed by atoms with Crippen LogP contribution in [0.5, 0.6) is 0 Å². The molecule has 1 aliphatic rings. The van der Waals surface area contributed by atoms with Gasteiger partial charge in [0.2, 0.25) is 5.91 Å². The van der Waals surface area contributed by atoms with Crippen molar-refractivity contribution in [2.75, 3.05) is 39.3 Å². The second-order valence-electron chi connectivity index (χ2n) is 6.79. The SMILES string of the molecule is CC(C)CN1CCOC(CNC(=O)CCCNC(=O)c2ccco2)C1. The molecule has 2 rings (SSSR count). The summed E-state index contributed by atoms with van der Waals surface area (Å²) in [7, 11) is 0. The first-order chi connectivity index (χ1) is 12.0. The van der Waals surface area contributed by atoms with Crippen LogP contribution in [0.4, 0.5) is 0 Å². The molecular weight excluding hydrogens is 322 g/mol. The minimum Gasteiger partial charge on any atom is -0.459 e. The van der Waals surface area contributed by atoms with E-state index in [1.807, 2.05) is 0 Å². The van der Waals surface area contributed by atoms with Gasteiger partial charge in [-0.05, 0) is 24.5 Å². The van der Waals surface area contributed by atoms with Crippen molar-refractivity contribution in [1.29, 1.82) is 0 Å². The minimum absolute atomic E-state index is 0.0168. The molecule has 7 heteroatoms. The Morgan fingerprint density at radius 2 is 2.20 bits per heavy atom. The van der Waals surface area contributed by atoms with Crippen LogP contribution < -0.4 is 10.6 Å². The van der Waals surface area contributed by atoms with Crippen LogP contribution in [0.25, 0.3) is 0 Å². The minimum atomic E-state index is -0.258. The first-order valence-corrected chi connectivity index (χ1v) is 8.97. The Morgan fingerprint density at radius 1 is 1.36 bits per heavy atom. The summed E-state index contributed by atoms with van der Waals surface area (Å²) in [4.78, 5) is 26.0. The predicted octanol–water partition coefficient (Wildman–Crippen LogP) is 1.26. The van der Waals surface area contributed by atoms with Gasteiger partial charge in [0, 0.05) is 39.1 Å². The molecule has 1 fully saturated rings. The number of furan rings is 1. The van der Waals surface area contributed by atoms with E-state index in [0.717, 1.165) is 19.6 Å². The zero-order chi connectivity index (χ0) is 18.1. The van der Waals surface area contributed by atoms with Gasteiger partial charge in [-0.2, -0.15) is 0 Å². The first-order valence-electron chi connectivity index (χ1n) is 8.97. The molecule has 0 bridgehead atoms. The molecule has 0 aromatic carbocycles. The fourth-order valence-electron chi connectivity index (χ4n) is 2.85. The number of nitrogens with one attached hydrogen (secondary N) is 2. The smallest absolute Gasteiger partial charge is 0.286 e. The van der Waals surface area contributed by atoms with Gasteiger partial charge in [-0.15, -0.1) is 0 Å². The molecule has 0 saturated carbocycles. The summed E-state index contributed by atoms with van der Waals surface area (Å²) in [5.41, 5.74) is 0. The fraction of sp³-hybridized carbons (Fsp3) is 0.667. The number of carbonyl (C=O) groups is 2. The Kier molecular flexibility index (Phi) is 7.94. The van der Waals surface area contributed by atoms with Crippen LogP contribution in [0.3, 0.4) is 0 Å². The highest BCUT2D eigenvalue weighted by Crippen LogP contribution is 2.07. The van der Waals surface area contributed by atoms with Gasteiger partial charge in [-0.25, -0.2) is 0 Å². The second kappa shape index (κ2) is 10.2. The molecule has 140 valence electrons. The van der Waals surface area contributed by atoms with Crippen LogP contribution in [0.15, 0.2) is 22.8 Å². The summed E-state index contributed by atoms with van der Waals surface area (Å²) < 4.78 is 10.7. The lowest BCUT2D eigenvalue weighted by atomic mass is 10.2. The van der Waals surface area contributed by atoms with Crippen molar-refractivity contribution >= 4 is 11.8 Å². The third-order valence-corrected chi connectivity index (χ3v) is 3.98. The molecule has 1 aromatic rings. The Bertz CT molecular complexity index is 530. The van der Waals surface area contributed by atoms with Crippen molar-refractivity contribution in [1.82, 2.24) is 15.5 Å². The third-order valence-electron chi connectivity index (χ3n) is 3.98. The van der Waals surface area contributed by atoms with Crippen molar-refractivity contribution in [3.8, 4) is 0 Å². The molecule has 1 aromatic heterocycles. The zero-order valence-electron chi connectivity index (χ0n) is 15.1. The lowest BCUT2D eigenvalue weighted by Gasteiger charge is -2.33. The molecule has 25 heavy (non-hydrogen) atoms. The van der Waals surface area contributed by atoms with E-state index in [1.165, 1.54) is 6.26 Å². The Labute approximate surface area is 149 Å². The van der Waals surface area contributed by atoms with Crippen molar-refractivity contribution in [3.05, 3.63) is 24.2 Å². The molecule has 1 aliphatic heterocycles. The normalized spacial score (nSPS) is 18.3.